The first-order valence-corrected chi connectivity index (χ1v) is 5.05. The highest BCUT2D eigenvalue weighted by Crippen LogP contribution is 2.34. The summed E-state index contributed by atoms with van der Waals surface area (Å²) >= 11 is 0. The van der Waals surface area contributed by atoms with Crippen molar-refractivity contribution >= 4 is 11.4 Å². The molecule has 2 rings (SSSR count). The molecule has 1 atom stereocenters. The van der Waals surface area contributed by atoms with Gasteiger partial charge in [-0.25, -0.2) is 4.63 Å². The summed E-state index contributed by atoms with van der Waals surface area (Å²) in [5, 5.41) is 41.5. The lowest BCUT2D eigenvalue weighted by Crippen LogP contribution is -2.42. The Labute approximate surface area is 96.2 Å². The van der Waals surface area contributed by atoms with E-state index in [2.05, 4.69) is 25.3 Å². The van der Waals surface area contributed by atoms with Gasteiger partial charge >= 0.3 is 0 Å². The Balaban J connectivity index is 2.47. The van der Waals surface area contributed by atoms with Crippen molar-refractivity contribution in [1.82, 2.24) is 10.3 Å². The van der Waals surface area contributed by atoms with Crippen LogP contribution in [-0.2, 0) is 12.0 Å². The van der Waals surface area contributed by atoms with Gasteiger partial charge in [0.25, 0.3) is 0 Å². The molecule has 17 heavy (non-hydrogen) atoms. The number of aromatic nitrogens is 2. The quantitative estimate of drug-likeness (QED) is 0.387. The highest BCUT2D eigenvalue weighted by Gasteiger charge is 2.45. The maximum absolute atomic E-state index is 10.5. The molecule has 0 amide bonds. The van der Waals surface area contributed by atoms with Crippen molar-refractivity contribution in [2.45, 2.75) is 31.8 Å². The molecule has 1 aliphatic rings. The fourth-order valence-corrected chi connectivity index (χ4v) is 1.99. The van der Waals surface area contributed by atoms with E-state index in [1.807, 2.05) is 0 Å². The van der Waals surface area contributed by atoms with Crippen molar-refractivity contribution in [3.63, 3.8) is 0 Å². The van der Waals surface area contributed by atoms with Gasteiger partial charge in [0.1, 0.15) is 11.4 Å². The van der Waals surface area contributed by atoms with Crippen molar-refractivity contribution < 1.29 is 20.2 Å². The van der Waals surface area contributed by atoms with Gasteiger partial charge in [0.2, 0.25) is 0 Å². The van der Waals surface area contributed by atoms with Crippen LogP contribution in [-0.4, -0.2) is 37.3 Å². The highest BCUT2D eigenvalue weighted by molar-refractivity contribution is 5.98. The average molecular weight is 240 g/mol. The van der Waals surface area contributed by atoms with Crippen LogP contribution in [0, 0.1) is 0 Å². The zero-order valence-corrected chi connectivity index (χ0v) is 9.16. The molecule has 1 heterocycles. The van der Waals surface area contributed by atoms with E-state index >= 15 is 0 Å². The first-order chi connectivity index (χ1) is 8.11. The molecule has 1 aliphatic carbocycles. The summed E-state index contributed by atoms with van der Waals surface area (Å²) < 4.78 is 4.57. The molecule has 8 heteroatoms. The van der Waals surface area contributed by atoms with E-state index in [1.165, 1.54) is 6.92 Å². The number of oxime groups is 2. The molecule has 0 unspecified atom stereocenters. The molecule has 1 aromatic heterocycles. The topological polar surface area (TPSA) is 124 Å². The molecule has 92 valence electrons. The number of aryl methyl sites for hydroxylation is 1. The minimum absolute atomic E-state index is 0.0376. The smallest absolute Gasteiger partial charge is 0.158 e. The van der Waals surface area contributed by atoms with Crippen molar-refractivity contribution in [1.29, 1.82) is 0 Å². The predicted octanol–water partition coefficient (Wildman–Crippen LogP) is 0.274. The largest absolute Gasteiger partial charge is 0.411 e. The van der Waals surface area contributed by atoms with Gasteiger partial charge in [-0.1, -0.05) is 20.6 Å². The van der Waals surface area contributed by atoms with E-state index in [4.69, 9.17) is 10.4 Å². The summed E-state index contributed by atoms with van der Waals surface area (Å²) in [6.07, 6.45) is 0.785. The summed E-state index contributed by atoms with van der Waals surface area (Å²) in [7, 11) is 0. The van der Waals surface area contributed by atoms with Crippen LogP contribution in [0.2, 0.25) is 0 Å². The second-order valence-electron chi connectivity index (χ2n) is 3.98. The molecule has 1 aromatic rings. The molecule has 3 N–H and O–H groups in total. The van der Waals surface area contributed by atoms with Crippen molar-refractivity contribution in [3.05, 3.63) is 11.4 Å². The van der Waals surface area contributed by atoms with Crippen LogP contribution < -0.4 is 0 Å². The maximum Gasteiger partial charge on any atom is 0.158 e. The van der Waals surface area contributed by atoms with Gasteiger partial charge in [-0.15, -0.1) is 0 Å². The second kappa shape index (κ2) is 4.13. The van der Waals surface area contributed by atoms with Gasteiger partial charge < -0.3 is 15.5 Å². The lowest BCUT2D eigenvalue weighted by molar-refractivity contribution is 0.0976. The van der Waals surface area contributed by atoms with Gasteiger partial charge in [-0.05, 0) is 13.3 Å². The molecular weight excluding hydrogens is 228 g/mol. The van der Waals surface area contributed by atoms with E-state index in [-0.39, 0.29) is 23.5 Å². The number of fused-ring (bicyclic) bond motifs is 1. The molecule has 0 saturated heterocycles. The lowest BCUT2D eigenvalue weighted by Gasteiger charge is -2.29. The Morgan fingerprint density at radius 1 is 1.41 bits per heavy atom. The molecule has 8 nitrogen and oxygen atoms in total. The average Bonchev–Trinajstić information content (AvgIpc) is 2.78. The van der Waals surface area contributed by atoms with Crippen molar-refractivity contribution in [2.75, 3.05) is 0 Å². The van der Waals surface area contributed by atoms with Gasteiger partial charge in [0, 0.05) is 12.8 Å². The molecule has 0 aliphatic heterocycles. The van der Waals surface area contributed by atoms with Gasteiger partial charge in [0.05, 0.1) is 11.4 Å². The normalized spacial score (nSPS) is 27.2. The third-order valence-corrected chi connectivity index (χ3v) is 2.83. The van der Waals surface area contributed by atoms with Crippen LogP contribution in [0.5, 0.6) is 0 Å². The van der Waals surface area contributed by atoms with Crippen molar-refractivity contribution in [3.8, 4) is 0 Å². The number of nitrogens with zero attached hydrogens (tertiary/aromatic N) is 4. The molecule has 0 saturated carbocycles. The van der Waals surface area contributed by atoms with Gasteiger partial charge in [-0.3, -0.25) is 0 Å². The second-order valence-corrected chi connectivity index (χ2v) is 3.98. The summed E-state index contributed by atoms with van der Waals surface area (Å²) in [4.78, 5) is 0. The maximum atomic E-state index is 10.5. The van der Waals surface area contributed by atoms with Crippen LogP contribution in [0.25, 0.3) is 0 Å². The summed E-state index contributed by atoms with van der Waals surface area (Å²) in [6.45, 7) is 1.54. The van der Waals surface area contributed by atoms with E-state index < -0.39 is 5.60 Å². The minimum Gasteiger partial charge on any atom is -0.411 e. The Hall–Kier alpha value is -1.96. The Morgan fingerprint density at radius 2 is 2.18 bits per heavy atom. The summed E-state index contributed by atoms with van der Waals surface area (Å²) in [6, 6.07) is 0. The first kappa shape index (κ1) is 11.5. The Bertz CT molecular complexity index is 481. The molecule has 0 bridgehead atoms. The third-order valence-electron chi connectivity index (χ3n) is 2.83. The summed E-state index contributed by atoms with van der Waals surface area (Å²) in [5.74, 6) is 0. The van der Waals surface area contributed by atoms with Gasteiger partial charge in [0.15, 0.2) is 5.60 Å². The molecule has 0 fully saturated rings. The lowest BCUT2D eigenvalue weighted by atomic mass is 9.80. The van der Waals surface area contributed by atoms with E-state index in [1.54, 1.807) is 0 Å². The molecule has 0 radical (unpaired) electrons. The van der Waals surface area contributed by atoms with E-state index in [0.29, 0.717) is 18.5 Å². The molecule has 0 spiro atoms. The van der Waals surface area contributed by atoms with Crippen LogP contribution >= 0.6 is 0 Å². The zero-order chi connectivity index (χ0) is 12.5. The summed E-state index contributed by atoms with van der Waals surface area (Å²) in [5.41, 5.74) is -0.461. The monoisotopic (exact) mass is 240 g/mol. The van der Waals surface area contributed by atoms with Gasteiger partial charge in [-0.2, -0.15) is 0 Å². The predicted molar refractivity (Wildman–Crippen MR) is 55.2 cm³/mol. The Kier molecular flexibility index (Phi) is 2.80. The SMILES string of the molecule is C/C(C[C@@]1(O)/C(=N\O)CCc2nonc21)=N/O. The number of rotatable bonds is 2. The fraction of sp³-hybridized carbons (Fsp3) is 0.556. The van der Waals surface area contributed by atoms with Crippen LogP contribution in [0.15, 0.2) is 14.9 Å². The number of hydrogen-bond acceptors (Lipinski definition) is 8. The van der Waals surface area contributed by atoms with Crippen LogP contribution in [0.1, 0.15) is 31.2 Å². The number of aliphatic hydroxyl groups is 1. The highest BCUT2D eigenvalue weighted by atomic mass is 16.6. The molecular formula is C9H12N4O4. The fourth-order valence-electron chi connectivity index (χ4n) is 1.99. The third kappa shape index (κ3) is 1.76. The van der Waals surface area contributed by atoms with E-state index in [0.717, 1.165) is 0 Å². The van der Waals surface area contributed by atoms with Crippen LogP contribution in [0.3, 0.4) is 0 Å². The van der Waals surface area contributed by atoms with Crippen molar-refractivity contribution in [2.24, 2.45) is 10.3 Å². The minimum atomic E-state index is -1.63. The molecule has 0 aromatic carbocycles. The first-order valence-electron chi connectivity index (χ1n) is 5.05. The Morgan fingerprint density at radius 3 is 2.82 bits per heavy atom. The van der Waals surface area contributed by atoms with E-state index in [9.17, 15) is 5.11 Å². The zero-order valence-electron chi connectivity index (χ0n) is 9.16. The number of hydrogen-bond donors (Lipinski definition) is 3. The van der Waals surface area contributed by atoms with Crippen LogP contribution in [0.4, 0.5) is 0 Å². The standard InChI is InChI=1S/C9H12N4O4/c1-5(10-15)4-9(14)7(11-16)3-2-6-8(9)13-17-12-6/h14-16H,2-4H2,1H3/b10-5-,11-7-/t9-/m1/s1.